The Bertz CT molecular complexity index is 650. The summed E-state index contributed by atoms with van der Waals surface area (Å²) in [4.78, 5) is 25.3. The van der Waals surface area contributed by atoms with Crippen LogP contribution in [0.4, 0.5) is 5.69 Å². The molecule has 1 aromatic rings. The van der Waals surface area contributed by atoms with Gasteiger partial charge in [-0.3, -0.25) is 4.90 Å². The van der Waals surface area contributed by atoms with E-state index in [9.17, 15) is 0 Å². The number of carboxylic acid groups (broad SMARTS) is 2. The van der Waals surface area contributed by atoms with Crippen molar-refractivity contribution in [2.45, 2.75) is 57.0 Å². The number of carbonyl (C=O) groups excluding carboxylic acids is 1. The third kappa shape index (κ3) is 6.44. The number of anilines is 1. The highest BCUT2D eigenvalue weighted by Gasteiger charge is 2.32. The molecule has 2 saturated heterocycles. The first-order valence-electron chi connectivity index (χ1n) is 11.4. The second-order valence-corrected chi connectivity index (χ2v) is 8.68. The predicted molar refractivity (Wildman–Crippen MR) is 113 cm³/mol. The monoisotopic (exact) mass is 417 g/mol. The van der Waals surface area contributed by atoms with E-state index in [-0.39, 0.29) is 0 Å². The van der Waals surface area contributed by atoms with Gasteiger partial charge in [0.05, 0.1) is 19.1 Å². The lowest BCUT2D eigenvalue weighted by Crippen LogP contribution is -3.17. The van der Waals surface area contributed by atoms with E-state index in [4.69, 9.17) is 19.8 Å². The van der Waals surface area contributed by atoms with Crippen LogP contribution in [0.2, 0.25) is 0 Å². The number of hydrogen-bond donors (Lipinski definition) is 2. The molecule has 30 heavy (non-hydrogen) atoms. The van der Waals surface area contributed by atoms with Crippen molar-refractivity contribution in [2.75, 3.05) is 44.2 Å². The van der Waals surface area contributed by atoms with Crippen molar-refractivity contribution in [3.8, 4) is 0 Å². The molecule has 0 aromatic heterocycles. The smallest absolute Gasteiger partial charge is 0.351 e. The number of nitrogens with zero attached hydrogens (tertiary/aromatic N) is 2. The van der Waals surface area contributed by atoms with Gasteiger partial charge in [0.1, 0.15) is 0 Å². The van der Waals surface area contributed by atoms with Crippen molar-refractivity contribution >= 4 is 17.6 Å². The zero-order chi connectivity index (χ0) is 21.3. The van der Waals surface area contributed by atoms with Crippen LogP contribution in [0.3, 0.4) is 0 Å². The van der Waals surface area contributed by atoms with Gasteiger partial charge in [-0.15, -0.1) is 0 Å². The summed E-state index contributed by atoms with van der Waals surface area (Å²) in [5, 5.41) is 16.3. The maximum absolute atomic E-state index is 9.04. The van der Waals surface area contributed by atoms with Gasteiger partial charge in [0.25, 0.3) is 0 Å². The van der Waals surface area contributed by atoms with Crippen LogP contribution in [0.5, 0.6) is 0 Å². The number of piperidine rings is 1. The molecule has 0 spiro atoms. The highest BCUT2D eigenvalue weighted by Crippen LogP contribution is 2.20. The Morgan fingerprint density at radius 2 is 1.47 bits per heavy atom. The summed E-state index contributed by atoms with van der Waals surface area (Å²) < 4.78 is 0. The van der Waals surface area contributed by atoms with Crippen molar-refractivity contribution in [1.29, 1.82) is 0 Å². The van der Waals surface area contributed by atoms with Crippen LogP contribution in [-0.4, -0.2) is 73.3 Å². The van der Waals surface area contributed by atoms with Gasteiger partial charge in [-0.2, -0.15) is 0 Å². The minimum absolute atomic E-state index is 0.857. The molecule has 2 aliphatic heterocycles. The van der Waals surface area contributed by atoms with Gasteiger partial charge in [-0.25, -0.2) is 4.79 Å². The van der Waals surface area contributed by atoms with Crippen molar-refractivity contribution in [3.63, 3.8) is 0 Å². The number of piperazine rings is 1. The fraction of sp³-hybridized carbons (Fsp3) is 0.652. The van der Waals surface area contributed by atoms with Gasteiger partial charge >= 0.3 is 5.97 Å². The van der Waals surface area contributed by atoms with Crippen LogP contribution in [0.1, 0.15) is 44.9 Å². The summed E-state index contributed by atoms with van der Waals surface area (Å²) in [5.74, 6) is -4.01. The molecular formula is C23H35N3O4. The largest absolute Gasteiger partial charge is 0.539 e. The number of carboxylic acids is 2. The fourth-order valence-corrected chi connectivity index (χ4v) is 5.24. The molecule has 0 bridgehead atoms. The Morgan fingerprint density at radius 1 is 0.900 bits per heavy atom. The summed E-state index contributed by atoms with van der Waals surface area (Å²) in [6, 6.07) is 12.8. The Kier molecular flexibility index (Phi) is 8.51. The van der Waals surface area contributed by atoms with E-state index in [1.807, 2.05) is 4.90 Å². The number of rotatable bonds is 3. The summed E-state index contributed by atoms with van der Waals surface area (Å²) in [6.07, 6.45) is 10.3. The van der Waals surface area contributed by atoms with Crippen molar-refractivity contribution in [3.05, 3.63) is 30.3 Å². The van der Waals surface area contributed by atoms with Crippen LogP contribution in [0, 0.1) is 0 Å². The summed E-state index contributed by atoms with van der Waals surface area (Å²) in [5.41, 5.74) is 1.40. The van der Waals surface area contributed by atoms with E-state index in [1.165, 1.54) is 89.9 Å². The zero-order valence-corrected chi connectivity index (χ0v) is 17.8. The van der Waals surface area contributed by atoms with Crippen LogP contribution in [0.25, 0.3) is 0 Å². The Hall–Kier alpha value is -2.12. The van der Waals surface area contributed by atoms with Crippen molar-refractivity contribution < 1.29 is 24.7 Å². The van der Waals surface area contributed by atoms with Gasteiger partial charge in [0.2, 0.25) is 0 Å². The summed E-state index contributed by atoms with van der Waals surface area (Å²) in [7, 11) is 0. The molecule has 7 heteroatoms. The van der Waals surface area contributed by atoms with E-state index in [0.717, 1.165) is 12.1 Å². The maximum atomic E-state index is 9.04. The first kappa shape index (κ1) is 22.6. The Balaban J connectivity index is 0.000000377. The molecule has 0 atom stereocenters. The molecule has 3 aliphatic rings. The minimum atomic E-state index is -2.07. The molecule has 4 rings (SSSR count). The number of quaternary nitrogens is 1. The molecule has 0 radical (unpaired) electrons. The molecule has 166 valence electrons. The normalized spacial score (nSPS) is 25.8. The molecule has 1 saturated carbocycles. The first-order valence-corrected chi connectivity index (χ1v) is 11.4. The lowest BCUT2D eigenvalue weighted by Gasteiger charge is -2.43. The highest BCUT2D eigenvalue weighted by molar-refractivity contribution is 6.26. The summed E-state index contributed by atoms with van der Waals surface area (Å²) >= 11 is 0. The van der Waals surface area contributed by atoms with E-state index in [1.54, 1.807) is 0 Å². The van der Waals surface area contributed by atoms with Crippen LogP contribution in [-0.2, 0) is 9.59 Å². The second-order valence-electron chi connectivity index (χ2n) is 8.68. The lowest BCUT2D eigenvalue weighted by molar-refractivity contribution is -0.932. The third-order valence-electron chi connectivity index (χ3n) is 6.91. The molecule has 0 amide bonds. The van der Waals surface area contributed by atoms with Gasteiger partial charge in [0.15, 0.2) is 5.97 Å². The number of likely N-dealkylation sites (tertiary alicyclic amines) is 1. The molecule has 1 aromatic carbocycles. The number of aliphatic carboxylic acids is 2. The fourth-order valence-electron chi connectivity index (χ4n) is 5.24. The lowest BCUT2D eigenvalue weighted by atomic mass is 9.91. The van der Waals surface area contributed by atoms with Gasteiger partial charge in [-0.05, 0) is 37.8 Å². The average molecular weight is 418 g/mol. The minimum Gasteiger partial charge on any atom is -0.539 e. The standard InChI is InChI=1S/C21H33N3.C2H2O4/c1-3-7-19(8-4-1)22-13-11-21(12-14-22)24-17-15-23(16-18-24)20-9-5-2-6-10-20;3-1(4)2(5)6/h2,5-6,9-10,19,21H,1,3-4,7-8,11-18H2;(H,3,4)(H,5,6). The van der Waals surface area contributed by atoms with Crippen molar-refractivity contribution in [1.82, 2.24) is 4.90 Å². The SMILES string of the molecule is O=C([O-])C(=O)O.c1ccc(N2CCN(C3CC[NH+](C4CCCCC4)CC3)CC2)cc1. The number of para-hydroxylation sites is 1. The van der Waals surface area contributed by atoms with E-state index < -0.39 is 11.9 Å². The van der Waals surface area contributed by atoms with E-state index >= 15 is 0 Å². The number of benzene rings is 1. The van der Waals surface area contributed by atoms with Crippen LogP contribution < -0.4 is 14.9 Å². The Labute approximate surface area is 179 Å². The number of hydrogen-bond acceptors (Lipinski definition) is 5. The molecular weight excluding hydrogens is 382 g/mol. The van der Waals surface area contributed by atoms with Gasteiger partial charge in [-0.1, -0.05) is 24.6 Å². The molecule has 3 fully saturated rings. The molecule has 1 aliphatic carbocycles. The quantitative estimate of drug-likeness (QED) is 0.674. The maximum Gasteiger partial charge on any atom is 0.351 e. The number of nitrogens with one attached hydrogen (secondary N) is 1. The Morgan fingerprint density at radius 3 is 2.00 bits per heavy atom. The molecule has 0 unspecified atom stereocenters. The topological polar surface area (TPSA) is 88.3 Å². The molecule has 7 nitrogen and oxygen atoms in total. The second kappa shape index (κ2) is 11.3. The van der Waals surface area contributed by atoms with Crippen LogP contribution in [0.15, 0.2) is 30.3 Å². The molecule has 2 N–H and O–H groups in total. The zero-order valence-electron chi connectivity index (χ0n) is 17.8. The van der Waals surface area contributed by atoms with E-state index in [0.29, 0.717) is 0 Å². The average Bonchev–Trinajstić information content (AvgIpc) is 2.81. The first-order chi connectivity index (χ1) is 14.5. The highest BCUT2D eigenvalue weighted by atomic mass is 16.4. The van der Waals surface area contributed by atoms with E-state index in [2.05, 4.69) is 40.1 Å². The van der Waals surface area contributed by atoms with Crippen molar-refractivity contribution in [2.24, 2.45) is 0 Å². The van der Waals surface area contributed by atoms with Gasteiger partial charge < -0.3 is 24.8 Å². The molecule has 2 heterocycles. The van der Waals surface area contributed by atoms with Gasteiger partial charge in [0, 0.05) is 50.7 Å². The predicted octanol–water partition coefficient (Wildman–Crippen LogP) is 0.00950. The third-order valence-corrected chi connectivity index (χ3v) is 6.91. The van der Waals surface area contributed by atoms with Crippen LogP contribution >= 0.6 is 0 Å². The number of carbonyl (C=O) groups is 2. The summed E-state index contributed by atoms with van der Waals surface area (Å²) in [6.45, 7) is 7.73.